The van der Waals surface area contributed by atoms with Crippen molar-refractivity contribution in [3.8, 4) is 5.69 Å². The molecule has 2 heterocycles. The number of fused-ring (bicyclic) bond motifs is 1. The van der Waals surface area contributed by atoms with E-state index in [9.17, 15) is 4.79 Å². The van der Waals surface area contributed by atoms with Crippen LogP contribution in [0.1, 0.15) is 11.4 Å². The van der Waals surface area contributed by atoms with E-state index in [0.717, 1.165) is 24.6 Å². The van der Waals surface area contributed by atoms with Gasteiger partial charge in [0, 0.05) is 24.7 Å². The van der Waals surface area contributed by atoms with Crippen LogP contribution in [-0.2, 0) is 19.6 Å². The smallest absolute Gasteiger partial charge is 0.290 e. The number of aromatic nitrogens is 3. The van der Waals surface area contributed by atoms with E-state index in [1.165, 1.54) is 10.2 Å². The van der Waals surface area contributed by atoms with Crippen molar-refractivity contribution >= 4 is 11.6 Å². The van der Waals surface area contributed by atoms with Crippen molar-refractivity contribution in [2.75, 3.05) is 6.54 Å². The molecule has 0 spiro atoms. The van der Waals surface area contributed by atoms with Crippen LogP contribution >= 0.6 is 11.6 Å². The molecule has 0 unspecified atom stereocenters. The molecule has 0 aliphatic carbocycles. The first-order valence-corrected chi connectivity index (χ1v) is 8.29. The molecule has 4 rings (SSSR count). The van der Waals surface area contributed by atoms with Gasteiger partial charge >= 0.3 is 5.69 Å². The number of hydrogen-bond acceptors (Lipinski definition) is 3. The van der Waals surface area contributed by atoms with Crippen LogP contribution in [0.5, 0.6) is 0 Å². The van der Waals surface area contributed by atoms with Gasteiger partial charge in [-0.05, 0) is 29.8 Å². The third kappa shape index (κ3) is 2.88. The van der Waals surface area contributed by atoms with E-state index in [0.29, 0.717) is 18.1 Å². The molecule has 3 aromatic rings. The molecule has 1 aromatic heterocycles. The highest BCUT2D eigenvalue weighted by atomic mass is 35.5. The maximum atomic E-state index is 12.6. The van der Waals surface area contributed by atoms with Crippen molar-refractivity contribution in [3.63, 3.8) is 0 Å². The van der Waals surface area contributed by atoms with Gasteiger partial charge in [0.15, 0.2) is 0 Å². The van der Waals surface area contributed by atoms with Crippen LogP contribution in [0.3, 0.4) is 0 Å². The van der Waals surface area contributed by atoms with Gasteiger partial charge in [0.25, 0.3) is 0 Å². The quantitative estimate of drug-likeness (QED) is 0.736. The fraction of sp³-hybridized carbons (Fsp3) is 0.222. The molecule has 0 saturated heterocycles. The summed E-state index contributed by atoms with van der Waals surface area (Å²) in [7, 11) is 0. The zero-order chi connectivity index (χ0) is 16.5. The first-order valence-electron chi connectivity index (χ1n) is 7.92. The van der Waals surface area contributed by atoms with Gasteiger partial charge in [-0.3, -0.25) is 9.47 Å². The Balaban J connectivity index is 1.59. The SMILES string of the molecule is O=c1n(-c2ccc(Cl)cc2)nc2n1CCN(Cc1ccccc1)C2. The molecule has 0 radical (unpaired) electrons. The summed E-state index contributed by atoms with van der Waals surface area (Å²) >= 11 is 5.92. The number of rotatable bonds is 3. The number of halogens is 1. The zero-order valence-electron chi connectivity index (χ0n) is 13.1. The summed E-state index contributed by atoms with van der Waals surface area (Å²) < 4.78 is 3.22. The zero-order valence-corrected chi connectivity index (χ0v) is 13.9. The lowest BCUT2D eigenvalue weighted by molar-refractivity contribution is 0.207. The van der Waals surface area contributed by atoms with E-state index >= 15 is 0 Å². The second-order valence-corrected chi connectivity index (χ2v) is 6.37. The van der Waals surface area contributed by atoms with Crippen molar-refractivity contribution in [2.45, 2.75) is 19.6 Å². The molecule has 24 heavy (non-hydrogen) atoms. The van der Waals surface area contributed by atoms with Crippen molar-refractivity contribution in [2.24, 2.45) is 0 Å². The normalized spacial score (nSPS) is 14.5. The summed E-state index contributed by atoms with van der Waals surface area (Å²) in [6, 6.07) is 17.5. The molecular formula is C18H17ClN4O. The van der Waals surface area contributed by atoms with E-state index in [1.54, 1.807) is 16.7 Å². The first-order chi connectivity index (χ1) is 11.7. The van der Waals surface area contributed by atoms with Gasteiger partial charge in [-0.2, -0.15) is 4.68 Å². The Morgan fingerprint density at radius 1 is 1.00 bits per heavy atom. The first kappa shape index (κ1) is 15.2. The average Bonchev–Trinajstić information content (AvgIpc) is 2.93. The maximum Gasteiger partial charge on any atom is 0.350 e. The van der Waals surface area contributed by atoms with Crippen molar-refractivity contribution in [1.82, 2.24) is 19.2 Å². The summed E-state index contributed by atoms with van der Waals surface area (Å²) in [6.07, 6.45) is 0. The van der Waals surface area contributed by atoms with Gasteiger partial charge in [-0.25, -0.2) is 4.79 Å². The molecule has 0 atom stereocenters. The lowest BCUT2D eigenvalue weighted by Crippen LogP contribution is -2.37. The lowest BCUT2D eigenvalue weighted by atomic mass is 10.2. The molecule has 0 N–H and O–H groups in total. The van der Waals surface area contributed by atoms with Crippen LogP contribution in [0.4, 0.5) is 0 Å². The third-order valence-electron chi connectivity index (χ3n) is 4.26. The Morgan fingerprint density at radius 2 is 1.75 bits per heavy atom. The third-order valence-corrected chi connectivity index (χ3v) is 4.52. The van der Waals surface area contributed by atoms with E-state index in [-0.39, 0.29) is 5.69 Å². The van der Waals surface area contributed by atoms with Crippen LogP contribution < -0.4 is 5.69 Å². The van der Waals surface area contributed by atoms with Gasteiger partial charge in [-0.1, -0.05) is 41.9 Å². The van der Waals surface area contributed by atoms with Gasteiger partial charge in [0.2, 0.25) is 0 Å². The fourth-order valence-electron chi connectivity index (χ4n) is 3.03. The molecule has 0 saturated carbocycles. The predicted molar refractivity (Wildman–Crippen MR) is 93.4 cm³/mol. The molecule has 1 aliphatic rings. The average molecular weight is 341 g/mol. The summed E-state index contributed by atoms with van der Waals surface area (Å²) in [5.74, 6) is 0.803. The summed E-state index contributed by atoms with van der Waals surface area (Å²) in [5.41, 5.74) is 1.91. The number of nitrogens with zero attached hydrogens (tertiary/aromatic N) is 4. The Bertz CT molecular complexity index is 899. The highest BCUT2D eigenvalue weighted by molar-refractivity contribution is 6.30. The Morgan fingerprint density at radius 3 is 2.50 bits per heavy atom. The Labute approximate surface area is 144 Å². The second kappa shape index (κ2) is 6.26. The molecule has 122 valence electrons. The number of benzene rings is 2. The minimum Gasteiger partial charge on any atom is -0.290 e. The topological polar surface area (TPSA) is 43.1 Å². The highest BCUT2D eigenvalue weighted by Crippen LogP contribution is 2.15. The predicted octanol–water partition coefficient (Wildman–Crippen LogP) is 2.70. The molecule has 2 aromatic carbocycles. The minimum absolute atomic E-state index is 0.0910. The van der Waals surface area contributed by atoms with Gasteiger partial charge in [0.05, 0.1) is 12.2 Å². The van der Waals surface area contributed by atoms with Gasteiger partial charge in [0.1, 0.15) is 5.82 Å². The Hall–Kier alpha value is -2.37. The number of hydrogen-bond donors (Lipinski definition) is 0. The van der Waals surface area contributed by atoms with Crippen molar-refractivity contribution < 1.29 is 0 Å². The molecule has 0 amide bonds. The largest absolute Gasteiger partial charge is 0.350 e. The second-order valence-electron chi connectivity index (χ2n) is 5.93. The Kier molecular flexibility index (Phi) is 3.96. The van der Waals surface area contributed by atoms with E-state index in [4.69, 9.17) is 11.6 Å². The maximum absolute atomic E-state index is 12.6. The highest BCUT2D eigenvalue weighted by Gasteiger charge is 2.22. The minimum atomic E-state index is -0.0910. The van der Waals surface area contributed by atoms with E-state index < -0.39 is 0 Å². The summed E-state index contributed by atoms with van der Waals surface area (Å²) in [4.78, 5) is 14.9. The van der Waals surface area contributed by atoms with Gasteiger partial charge in [-0.15, -0.1) is 5.10 Å². The van der Waals surface area contributed by atoms with Crippen LogP contribution in [-0.4, -0.2) is 25.8 Å². The van der Waals surface area contributed by atoms with E-state index in [1.807, 2.05) is 30.3 Å². The molecule has 0 bridgehead atoms. The monoisotopic (exact) mass is 340 g/mol. The molecule has 6 heteroatoms. The molecule has 1 aliphatic heterocycles. The van der Waals surface area contributed by atoms with Gasteiger partial charge < -0.3 is 0 Å². The van der Waals surface area contributed by atoms with Crippen molar-refractivity contribution in [3.05, 3.63) is 81.5 Å². The fourth-order valence-corrected chi connectivity index (χ4v) is 3.15. The van der Waals surface area contributed by atoms with E-state index in [2.05, 4.69) is 22.1 Å². The molecule has 5 nitrogen and oxygen atoms in total. The molecular weight excluding hydrogens is 324 g/mol. The van der Waals surface area contributed by atoms with Crippen LogP contribution in [0, 0.1) is 0 Å². The standard InChI is InChI=1S/C18H17ClN4O/c19-15-6-8-16(9-7-15)23-18(24)22-11-10-21(13-17(22)20-23)12-14-4-2-1-3-5-14/h1-9H,10-13H2. The van der Waals surface area contributed by atoms with Crippen LogP contribution in [0.15, 0.2) is 59.4 Å². The summed E-state index contributed by atoms with van der Waals surface area (Å²) in [5, 5.41) is 5.17. The van der Waals surface area contributed by atoms with Crippen LogP contribution in [0.2, 0.25) is 5.02 Å². The summed E-state index contributed by atoms with van der Waals surface area (Å²) in [6.45, 7) is 3.04. The lowest BCUT2D eigenvalue weighted by Gasteiger charge is -2.26. The van der Waals surface area contributed by atoms with Crippen LogP contribution in [0.25, 0.3) is 5.69 Å². The van der Waals surface area contributed by atoms with Crippen molar-refractivity contribution in [1.29, 1.82) is 0 Å². The molecule has 0 fully saturated rings.